The number of halogens is 2. The minimum atomic E-state index is 0.391. The maximum atomic E-state index is 5.94. The van der Waals surface area contributed by atoms with Gasteiger partial charge in [-0.05, 0) is 18.2 Å². The van der Waals surface area contributed by atoms with Crippen molar-refractivity contribution in [3.63, 3.8) is 0 Å². The van der Waals surface area contributed by atoms with E-state index >= 15 is 0 Å². The molecule has 0 atom stereocenters. The molecule has 0 aliphatic heterocycles. The largest absolute Gasteiger partial charge is 0.378 e. The van der Waals surface area contributed by atoms with Crippen molar-refractivity contribution >= 4 is 23.2 Å². The first-order chi connectivity index (χ1) is 8.19. The van der Waals surface area contributed by atoms with Crippen molar-refractivity contribution in [3.8, 4) is 11.4 Å². The maximum absolute atomic E-state index is 5.94. The van der Waals surface area contributed by atoms with Crippen molar-refractivity contribution in [2.45, 2.75) is 6.61 Å². The maximum Gasteiger partial charge on any atom is 0.161 e. The molecule has 2 aromatic rings. The summed E-state index contributed by atoms with van der Waals surface area (Å²) < 4.78 is 5.02. The van der Waals surface area contributed by atoms with E-state index in [4.69, 9.17) is 27.9 Å². The first-order valence-electron chi connectivity index (χ1n) is 4.97. The molecule has 0 saturated carbocycles. The van der Waals surface area contributed by atoms with Crippen LogP contribution in [0.4, 0.5) is 0 Å². The number of nitrogens with zero attached hydrogens (tertiary/aromatic N) is 2. The molecule has 88 valence electrons. The summed E-state index contributed by atoms with van der Waals surface area (Å²) in [6.07, 6.45) is 0. The van der Waals surface area contributed by atoms with E-state index in [1.807, 2.05) is 12.1 Å². The van der Waals surface area contributed by atoms with Crippen molar-refractivity contribution in [1.29, 1.82) is 0 Å². The van der Waals surface area contributed by atoms with Gasteiger partial charge in [0.15, 0.2) is 5.82 Å². The number of hydrogen-bond acceptors (Lipinski definition) is 3. The van der Waals surface area contributed by atoms with Gasteiger partial charge in [0, 0.05) is 17.7 Å². The van der Waals surface area contributed by atoms with Gasteiger partial charge in [-0.2, -0.15) is 0 Å². The Labute approximate surface area is 109 Å². The summed E-state index contributed by atoms with van der Waals surface area (Å²) in [5, 5.41) is 1.03. The molecular weight excluding hydrogens is 259 g/mol. The van der Waals surface area contributed by atoms with Crippen LogP contribution in [0.3, 0.4) is 0 Å². The average molecular weight is 269 g/mol. The van der Waals surface area contributed by atoms with E-state index in [-0.39, 0.29) is 0 Å². The van der Waals surface area contributed by atoms with Crippen LogP contribution in [0.15, 0.2) is 30.3 Å². The second-order valence-electron chi connectivity index (χ2n) is 3.45. The fourth-order valence-corrected chi connectivity index (χ4v) is 1.84. The molecule has 0 radical (unpaired) electrons. The molecule has 0 unspecified atom stereocenters. The molecule has 0 aliphatic carbocycles. The van der Waals surface area contributed by atoms with Crippen LogP contribution in [0.5, 0.6) is 0 Å². The highest BCUT2D eigenvalue weighted by Gasteiger charge is 2.06. The lowest BCUT2D eigenvalue weighted by Gasteiger charge is -2.04. The van der Waals surface area contributed by atoms with Gasteiger partial charge in [0.2, 0.25) is 0 Å². The van der Waals surface area contributed by atoms with E-state index in [1.54, 1.807) is 25.3 Å². The molecule has 0 fully saturated rings. The van der Waals surface area contributed by atoms with Gasteiger partial charge in [-0.1, -0.05) is 35.3 Å². The standard InChI is InChI=1S/C12H10Cl2N2O/c1-17-7-10-6-11(14)16-12(15-10)8-3-2-4-9(13)5-8/h2-6H,7H2,1H3. The molecule has 0 bridgehead atoms. The van der Waals surface area contributed by atoms with Crippen molar-refractivity contribution in [2.24, 2.45) is 0 Å². The highest BCUT2D eigenvalue weighted by atomic mass is 35.5. The molecule has 0 aliphatic rings. The molecule has 1 aromatic heterocycles. The first kappa shape index (κ1) is 12.3. The summed E-state index contributed by atoms with van der Waals surface area (Å²) in [5.41, 5.74) is 1.57. The lowest BCUT2D eigenvalue weighted by Crippen LogP contribution is -1.97. The van der Waals surface area contributed by atoms with Crippen LogP contribution in [-0.2, 0) is 11.3 Å². The van der Waals surface area contributed by atoms with E-state index < -0.39 is 0 Å². The van der Waals surface area contributed by atoms with Crippen molar-refractivity contribution in [2.75, 3.05) is 7.11 Å². The van der Waals surface area contributed by atoms with Gasteiger partial charge in [-0.15, -0.1) is 0 Å². The molecule has 5 heteroatoms. The van der Waals surface area contributed by atoms with Crippen molar-refractivity contribution < 1.29 is 4.74 Å². The van der Waals surface area contributed by atoms with Gasteiger partial charge >= 0.3 is 0 Å². The SMILES string of the molecule is COCc1cc(Cl)nc(-c2cccc(Cl)c2)n1. The fraction of sp³-hybridized carbons (Fsp3) is 0.167. The van der Waals surface area contributed by atoms with Crippen molar-refractivity contribution in [1.82, 2.24) is 9.97 Å². The van der Waals surface area contributed by atoms with Crippen LogP contribution >= 0.6 is 23.2 Å². The molecule has 3 nitrogen and oxygen atoms in total. The second-order valence-corrected chi connectivity index (χ2v) is 4.27. The Hall–Kier alpha value is -1.16. The van der Waals surface area contributed by atoms with Gasteiger partial charge in [-0.25, -0.2) is 9.97 Å². The summed E-state index contributed by atoms with van der Waals surface area (Å²) in [7, 11) is 1.61. The molecule has 17 heavy (non-hydrogen) atoms. The predicted molar refractivity (Wildman–Crippen MR) is 68.2 cm³/mol. The smallest absolute Gasteiger partial charge is 0.161 e. The van der Waals surface area contributed by atoms with Gasteiger partial charge in [0.25, 0.3) is 0 Å². The number of benzene rings is 1. The quantitative estimate of drug-likeness (QED) is 0.798. The normalized spacial score (nSPS) is 10.5. The summed E-state index contributed by atoms with van der Waals surface area (Å²) >= 11 is 11.9. The van der Waals surface area contributed by atoms with E-state index in [0.29, 0.717) is 22.6 Å². The topological polar surface area (TPSA) is 35.0 Å². The lowest BCUT2D eigenvalue weighted by molar-refractivity contribution is 0.181. The third-order valence-corrected chi connectivity index (χ3v) is 2.55. The minimum absolute atomic E-state index is 0.391. The zero-order valence-corrected chi connectivity index (χ0v) is 10.7. The Morgan fingerprint density at radius 2 is 2.00 bits per heavy atom. The molecule has 0 spiro atoms. The first-order valence-corrected chi connectivity index (χ1v) is 5.73. The van der Waals surface area contributed by atoms with E-state index in [0.717, 1.165) is 11.3 Å². The molecule has 1 heterocycles. The van der Waals surface area contributed by atoms with Crippen LogP contribution in [0.1, 0.15) is 5.69 Å². The zero-order valence-electron chi connectivity index (χ0n) is 9.15. The summed E-state index contributed by atoms with van der Waals surface area (Å²) in [6.45, 7) is 0.399. The summed E-state index contributed by atoms with van der Waals surface area (Å²) in [6, 6.07) is 9.00. The van der Waals surface area contributed by atoms with E-state index in [9.17, 15) is 0 Å². The number of ether oxygens (including phenoxy) is 1. The van der Waals surface area contributed by atoms with Crippen LogP contribution in [0.25, 0.3) is 11.4 Å². The Kier molecular flexibility index (Phi) is 3.94. The van der Waals surface area contributed by atoms with E-state index in [2.05, 4.69) is 9.97 Å². The third kappa shape index (κ3) is 3.16. The molecule has 0 amide bonds. The third-order valence-electron chi connectivity index (χ3n) is 2.12. The average Bonchev–Trinajstić information content (AvgIpc) is 2.28. The molecular formula is C12H10Cl2N2O. The number of rotatable bonds is 3. The van der Waals surface area contributed by atoms with Gasteiger partial charge < -0.3 is 4.74 Å². The highest BCUT2D eigenvalue weighted by Crippen LogP contribution is 2.21. The Morgan fingerprint density at radius 3 is 2.71 bits per heavy atom. The fourth-order valence-electron chi connectivity index (χ4n) is 1.44. The van der Waals surface area contributed by atoms with Crippen molar-refractivity contribution in [3.05, 3.63) is 46.2 Å². The van der Waals surface area contributed by atoms with Gasteiger partial charge in [0.1, 0.15) is 5.15 Å². The Morgan fingerprint density at radius 1 is 1.18 bits per heavy atom. The summed E-state index contributed by atoms with van der Waals surface area (Å²) in [4.78, 5) is 8.52. The molecule has 1 aromatic carbocycles. The Balaban J connectivity index is 2.44. The second kappa shape index (κ2) is 5.45. The number of methoxy groups -OCH3 is 1. The lowest BCUT2D eigenvalue weighted by atomic mass is 10.2. The Bertz CT molecular complexity index is 532. The van der Waals surface area contributed by atoms with Crippen LogP contribution in [0, 0.1) is 0 Å². The van der Waals surface area contributed by atoms with Crippen LogP contribution < -0.4 is 0 Å². The van der Waals surface area contributed by atoms with Gasteiger partial charge in [-0.3, -0.25) is 0 Å². The summed E-state index contributed by atoms with van der Waals surface area (Å²) in [5.74, 6) is 0.548. The van der Waals surface area contributed by atoms with Crippen LogP contribution in [0.2, 0.25) is 10.2 Å². The minimum Gasteiger partial charge on any atom is -0.378 e. The van der Waals surface area contributed by atoms with Gasteiger partial charge in [0.05, 0.1) is 12.3 Å². The van der Waals surface area contributed by atoms with E-state index in [1.165, 1.54) is 0 Å². The highest BCUT2D eigenvalue weighted by molar-refractivity contribution is 6.31. The predicted octanol–water partition coefficient (Wildman–Crippen LogP) is 3.60. The number of aromatic nitrogens is 2. The number of hydrogen-bond donors (Lipinski definition) is 0. The molecule has 2 rings (SSSR count). The van der Waals surface area contributed by atoms with Crippen LogP contribution in [-0.4, -0.2) is 17.1 Å². The zero-order chi connectivity index (χ0) is 12.3. The molecule has 0 saturated heterocycles. The molecule has 0 N–H and O–H groups in total. The monoisotopic (exact) mass is 268 g/mol.